The van der Waals surface area contributed by atoms with Crippen LogP contribution < -0.4 is 20.1 Å². The Bertz CT molecular complexity index is 1120. The molecular weight excluding hydrogens is 436 g/mol. The lowest BCUT2D eigenvalue weighted by Gasteiger charge is -2.20. The predicted octanol–water partition coefficient (Wildman–Crippen LogP) is 5.11. The average molecular weight is 465 g/mol. The van der Waals surface area contributed by atoms with Gasteiger partial charge in [-0.15, -0.1) is 11.3 Å². The molecule has 0 aliphatic rings. The first-order valence-electron chi connectivity index (χ1n) is 10.6. The maximum atomic E-state index is 13.3. The van der Waals surface area contributed by atoms with Crippen molar-refractivity contribution >= 4 is 29.2 Å². The molecule has 172 valence electrons. The third-order valence-electron chi connectivity index (χ3n) is 5.16. The van der Waals surface area contributed by atoms with Gasteiger partial charge in [0.05, 0.1) is 20.3 Å². The zero-order chi connectivity index (χ0) is 23.8. The molecule has 0 spiro atoms. The fourth-order valence-electron chi connectivity index (χ4n) is 3.30. The van der Waals surface area contributed by atoms with Gasteiger partial charge in [0.15, 0.2) is 11.5 Å². The lowest BCUT2D eigenvalue weighted by atomic mass is 10.0. The van der Waals surface area contributed by atoms with E-state index in [1.165, 1.54) is 11.3 Å². The summed E-state index contributed by atoms with van der Waals surface area (Å²) in [5.41, 5.74) is 2.60. The molecule has 0 radical (unpaired) electrons. The number of amides is 2. The minimum atomic E-state index is -0.370. The molecule has 7 heteroatoms. The molecule has 0 bridgehead atoms. The van der Waals surface area contributed by atoms with Gasteiger partial charge in [-0.3, -0.25) is 9.59 Å². The molecule has 0 unspecified atom stereocenters. The monoisotopic (exact) mass is 464 g/mol. The summed E-state index contributed by atoms with van der Waals surface area (Å²) in [6, 6.07) is 16.3. The zero-order valence-corrected chi connectivity index (χ0v) is 20.0. The highest BCUT2D eigenvalue weighted by molar-refractivity contribution is 7.10. The molecule has 3 rings (SSSR count). The van der Waals surface area contributed by atoms with Crippen LogP contribution >= 0.6 is 11.3 Å². The fourth-order valence-corrected chi connectivity index (χ4v) is 3.96. The number of aryl methyl sites for hydroxylation is 1. The van der Waals surface area contributed by atoms with E-state index in [0.29, 0.717) is 23.5 Å². The largest absolute Gasteiger partial charge is 0.493 e. The van der Waals surface area contributed by atoms with Crippen LogP contribution in [-0.2, 0) is 4.79 Å². The summed E-state index contributed by atoms with van der Waals surface area (Å²) in [6.45, 7) is 3.94. The summed E-state index contributed by atoms with van der Waals surface area (Å²) < 4.78 is 10.7. The fraction of sp³-hybridized carbons (Fsp3) is 0.231. The molecule has 2 aromatic carbocycles. The Labute approximate surface area is 198 Å². The second kappa shape index (κ2) is 11.3. The second-order valence-electron chi connectivity index (χ2n) is 7.44. The molecule has 1 heterocycles. The molecule has 0 fully saturated rings. The molecule has 1 atom stereocenters. The molecule has 0 saturated carbocycles. The Morgan fingerprint density at radius 3 is 2.36 bits per heavy atom. The van der Waals surface area contributed by atoms with Gasteiger partial charge in [-0.2, -0.15) is 0 Å². The molecule has 1 aromatic heterocycles. The highest BCUT2D eigenvalue weighted by Crippen LogP contribution is 2.31. The second-order valence-corrected chi connectivity index (χ2v) is 8.42. The normalized spacial score (nSPS) is 12.1. The van der Waals surface area contributed by atoms with E-state index in [2.05, 4.69) is 10.6 Å². The Hall–Kier alpha value is -3.58. The topological polar surface area (TPSA) is 76.7 Å². The lowest BCUT2D eigenvalue weighted by molar-refractivity contribution is -0.118. The van der Waals surface area contributed by atoms with Gasteiger partial charge in [-0.05, 0) is 60.7 Å². The molecular formula is C26H28N2O4S. The van der Waals surface area contributed by atoms with Crippen molar-refractivity contribution < 1.29 is 19.1 Å². The number of carbonyl (C=O) groups is 2. The van der Waals surface area contributed by atoms with Crippen molar-refractivity contribution in [2.24, 2.45) is 0 Å². The van der Waals surface area contributed by atoms with Crippen LogP contribution in [0.1, 0.15) is 45.7 Å². The number of hydrogen-bond donors (Lipinski definition) is 2. The number of nitrogens with one attached hydrogen (secondary N) is 2. The van der Waals surface area contributed by atoms with Gasteiger partial charge in [0.1, 0.15) is 5.70 Å². The number of carbonyl (C=O) groups excluding carboxylic acids is 2. The molecule has 33 heavy (non-hydrogen) atoms. The van der Waals surface area contributed by atoms with E-state index in [1.54, 1.807) is 32.4 Å². The van der Waals surface area contributed by atoms with Gasteiger partial charge in [0, 0.05) is 10.4 Å². The van der Waals surface area contributed by atoms with Crippen LogP contribution in [0.25, 0.3) is 6.08 Å². The summed E-state index contributed by atoms with van der Waals surface area (Å²) in [5, 5.41) is 7.74. The van der Waals surface area contributed by atoms with Gasteiger partial charge in [-0.1, -0.05) is 36.8 Å². The van der Waals surface area contributed by atoms with Crippen molar-refractivity contribution in [3.05, 3.63) is 87.2 Å². The maximum absolute atomic E-state index is 13.3. The van der Waals surface area contributed by atoms with Crippen molar-refractivity contribution in [1.29, 1.82) is 0 Å². The highest BCUT2D eigenvalue weighted by Gasteiger charge is 2.20. The van der Waals surface area contributed by atoms with E-state index in [9.17, 15) is 9.59 Å². The Balaban J connectivity index is 1.84. The number of rotatable bonds is 9. The molecule has 2 N–H and O–H groups in total. The van der Waals surface area contributed by atoms with Crippen molar-refractivity contribution in [2.45, 2.75) is 26.3 Å². The average Bonchev–Trinajstić information content (AvgIpc) is 3.35. The number of thiophene rings is 1. The van der Waals surface area contributed by atoms with E-state index in [1.807, 2.05) is 61.7 Å². The summed E-state index contributed by atoms with van der Waals surface area (Å²) in [6.07, 6.45) is 2.34. The molecule has 0 aliphatic heterocycles. The van der Waals surface area contributed by atoms with Crippen LogP contribution in [-0.4, -0.2) is 26.0 Å². The number of methoxy groups -OCH3 is 2. The maximum Gasteiger partial charge on any atom is 0.268 e. The molecule has 0 aliphatic carbocycles. The Morgan fingerprint density at radius 2 is 1.76 bits per heavy atom. The van der Waals surface area contributed by atoms with Gasteiger partial charge < -0.3 is 20.1 Å². The van der Waals surface area contributed by atoms with E-state index >= 15 is 0 Å². The van der Waals surface area contributed by atoms with Crippen molar-refractivity contribution in [3.63, 3.8) is 0 Å². The lowest BCUT2D eigenvalue weighted by Crippen LogP contribution is -2.36. The van der Waals surface area contributed by atoms with E-state index in [-0.39, 0.29) is 23.6 Å². The number of ether oxygens (including phenoxy) is 2. The highest BCUT2D eigenvalue weighted by atomic mass is 32.1. The van der Waals surface area contributed by atoms with Crippen LogP contribution in [0.15, 0.2) is 65.7 Å². The first-order chi connectivity index (χ1) is 15.9. The van der Waals surface area contributed by atoms with Crippen molar-refractivity contribution in [1.82, 2.24) is 10.6 Å². The Kier molecular flexibility index (Phi) is 8.27. The molecule has 6 nitrogen and oxygen atoms in total. The van der Waals surface area contributed by atoms with Crippen LogP contribution in [0, 0.1) is 6.92 Å². The summed E-state index contributed by atoms with van der Waals surface area (Å²) in [4.78, 5) is 26.9. The summed E-state index contributed by atoms with van der Waals surface area (Å²) >= 11 is 1.49. The third-order valence-corrected chi connectivity index (χ3v) is 5.98. The van der Waals surface area contributed by atoms with Crippen molar-refractivity contribution in [2.75, 3.05) is 14.2 Å². The number of hydrogen-bond acceptors (Lipinski definition) is 5. The van der Waals surface area contributed by atoms with Crippen LogP contribution in [0.2, 0.25) is 0 Å². The summed E-state index contributed by atoms with van der Waals surface area (Å²) in [5.74, 6) is 0.494. The minimum absolute atomic E-state index is 0.182. The van der Waals surface area contributed by atoms with Gasteiger partial charge >= 0.3 is 0 Å². The van der Waals surface area contributed by atoms with Crippen LogP contribution in [0.4, 0.5) is 0 Å². The zero-order valence-electron chi connectivity index (χ0n) is 19.2. The first-order valence-corrected chi connectivity index (χ1v) is 11.5. The molecule has 2 amide bonds. The van der Waals surface area contributed by atoms with Crippen molar-refractivity contribution in [3.8, 4) is 11.5 Å². The third kappa shape index (κ3) is 6.23. The Morgan fingerprint density at radius 1 is 1.03 bits per heavy atom. The smallest absolute Gasteiger partial charge is 0.268 e. The standard InChI is InChI=1S/C26H28N2O4S/c1-5-21(19-12-13-23(31-3)24(15-19)32-4)27-26(30)22(16-20-7-6-14-33-20)28-25(29)18-10-8-17(2)9-11-18/h6-16,21H,5H2,1-4H3,(H,27,30)(H,28,29)/b22-16-/t21-/m1/s1. The minimum Gasteiger partial charge on any atom is -0.493 e. The van der Waals surface area contributed by atoms with E-state index in [0.717, 1.165) is 16.0 Å². The number of benzene rings is 2. The summed E-state index contributed by atoms with van der Waals surface area (Å²) in [7, 11) is 3.15. The van der Waals surface area contributed by atoms with Gasteiger partial charge in [-0.25, -0.2) is 0 Å². The van der Waals surface area contributed by atoms with Gasteiger partial charge in [0.25, 0.3) is 11.8 Å². The molecule has 0 saturated heterocycles. The SMILES string of the molecule is CC[C@@H](NC(=O)/C(=C/c1cccs1)NC(=O)c1ccc(C)cc1)c1ccc(OC)c(OC)c1. The van der Waals surface area contributed by atoms with Gasteiger partial charge in [0.2, 0.25) is 0 Å². The predicted molar refractivity (Wildman–Crippen MR) is 132 cm³/mol. The molecule has 3 aromatic rings. The van der Waals surface area contributed by atoms with E-state index < -0.39 is 0 Å². The van der Waals surface area contributed by atoms with Crippen LogP contribution in [0.5, 0.6) is 11.5 Å². The quantitative estimate of drug-likeness (QED) is 0.432. The van der Waals surface area contributed by atoms with Crippen LogP contribution in [0.3, 0.4) is 0 Å². The first kappa shape index (κ1) is 24.1. The van der Waals surface area contributed by atoms with E-state index in [4.69, 9.17) is 9.47 Å².